The van der Waals surface area contributed by atoms with Crippen LogP contribution in [-0.4, -0.2) is 28.5 Å². The SMILES string of the molecule is C[C@H](COc1ccccc1-c1ccccc1)NC(=O)c1[nH]c(=O)[nH]c(=O)c1N. The number of amides is 1. The van der Waals surface area contributed by atoms with Crippen LogP contribution in [0.3, 0.4) is 0 Å². The Hall–Kier alpha value is -3.81. The van der Waals surface area contributed by atoms with Gasteiger partial charge in [-0.05, 0) is 18.6 Å². The number of carbonyl (C=O) groups is 1. The highest BCUT2D eigenvalue weighted by Gasteiger charge is 2.17. The van der Waals surface area contributed by atoms with Crippen LogP contribution in [0.25, 0.3) is 11.1 Å². The molecular formula is C20H20N4O4. The maximum atomic E-state index is 12.3. The summed E-state index contributed by atoms with van der Waals surface area (Å²) in [5.74, 6) is 0.0204. The first-order valence-electron chi connectivity index (χ1n) is 8.66. The van der Waals surface area contributed by atoms with Gasteiger partial charge < -0.3 is 20.8 Å². The van der Waals surface area contributed by atoms with Gasteiger partial charge in [0.05, 0.1) is 6.04 Å². The summed E-state index contributed by atoms with van der Waals surface area (Å²) >= 11 is 0. The lowest BCUT2D eigenvalue weighted by atomic mass is 10.1. The zero-order valence-corrected chi connectivity index (χ0v) is 15.2. The van der Waals surface area contributed by atoms with Crippen LogP contribution in [0.2, 0.25) is 0 Å². The molecule has 0 aliphatic rings. The van der Waals surface area contributed by atoms with E-state index in [9.17, 15) is 14.4 Å². The Kier molecular flexibility index (Phi) is 5.59. The van der Waals surface area contributed by atoms with E-state index in [1.807, 2.05) is 59.6 Å². The van der Waals surface area contributed by atoms with E-state index in [1.165, 1.54) is 0 Å². The maximum Gasteiger partial charge on any atom is 0.326 e. The van der Waals surface area contributed by atoms with E-state index in [-0.39, 0.29) is 18.0 Å². The third kappa shape index (κ3) is 4.29. The molecule has 28 heavy (non-hydrogen) atoms. The number of para-hydroxylation sites is 1. The summed E-state index contributed by atoms with van der Waals surface area (Å²) in [6.07, 6.45) is 0. The van der Waals surface area contributed by atoms with E-state index in [1.54, 1.807) is 6.92 Å². The molecule has 0 aliphatic heterocycles. The second-order valence-electron chi connectivity index (χ2n) is 6.24. The molecule has 3 rings (SSSR count). The molecule has 5 N–H and O–H groups in total. The van der Waals surface area contributed by atoms with Crippen molar-refractivity contribution >= 4 is 11.6 Å². The fraction of sp³-hybridized carbons (Fsp3) is 0.150. The minimum absolute atomic E-state index is 0.183. The predicted molar refractivity (Wildman–Crippen MR) is 106 cm³/mol. The molecular weight excluding hydrogens is 360 g/mol. The lowest BCUT2D eigenvalue weighted by Gasteiger charge is -2.17. The van der Waals surface area contributed by atoms with Crippen LogP contribution in [0, 0.1) is 0 Å². The standard InChI is InChI=1S/C20H20N4O4/c1-12(22-19(26)17-16(21)18(25)24-20(27)23-17)11-28-15-10-6-5-9-14(15)13-7-3-2-4-8-13/h2-10,12H,11,21H2,1H3,(H,22,26)(H2,23,24,25,27)/t12-/m1/s1. The van der Waals surface area contributed by atoms with Gasteiger partial charge in [0.15, 0.2) is 0 Å². The van der Waals surface area contributed by atoms with Crippen LogP contribution in [0.1, 0.15) is 17.4 Å². The largest absolute Gasteiger partial charge is 0.491 e. The number of anilines is 1. The monoisotopic (exact) mass is 380 g/mol. The summed E-state index contributed by atoms with van der Waals surface area (Å²) < 4.78 is 5.88. The number of aromatic amines is 2. The summed E-state index contributed by atoms with van der Waals surface area (Å²) in [5.41, 5.74) is 5.29. The molecule has 0 unspecified atom stereocenters. The number of nitrogen functional groups attached to an aromatic ring is 1. The molecule has 8 heteroatoms. The number of hydrogen-bond donors (Lipinski definition) is 4. The average Bonchev–Trinajstić information content (AvgIpc) is 2.70. The van der Waals surface area contributed by atoms with Crippen molar-refractivity contribution < 1.29 is 9.53 Å². The van der Waals surface area contributed by atoms with Crippen LogP contribution in [0.4, 0.5) is 5.69 Å². The van der Waals surface area contributed by atoms with Crippen molar-refractivity contribution in [1.82, 2.24) is 15.3 Å². The molecule has 3 aromatic rings. The van der Waals surface area contributed by atoms with E-state index in [4.69, 9.17) is 10.5 Å². The lowest BCUT2D eigenvalue weighted by molar-refractivity contribution is 0.0922. The second kappa shape index (κ2) is 8.26. The molecule has 0 saturated carbocycles. The number of H-pyrrole nitrogens is 2. The molecule has 0 spiro atoms. The molecule has 1 amide bonds. The first kappa shape index (κ1) is 19.0. The third-order valence-corrected chi connectivity index (χ3v) is 4.04. The minimum Gasteiger partial charge on any atom is -0.491 e. The summed E-state index contributed by atoms with van der Waals surface area (Å²) in [5, 5.41) is 2.65. The predicted octanol–water partition coefficient (Wildman–Crippen LogP) is 1.51. The molecule has 1 aromatic heterocycles. The Morgan fingerprint density at radius 1 is 1.07 bits per heavy atom. The molecule has 1 heterocycles. The lowest BCUT2D eigenvalue weighted by Crippen LogP contribution is -2.40. The summed E-state index contributed by atoms with van der Waals surface area (Å²) in [7, 11) is 0. The Bertz CT molecular complexity index is 1090. The molecule has 144 valence electrons. The quantitative estimate of drug-likeness (QED) is 0.515. The van der Waals surface area contributed by atoms with Gasteiger partial charge in [-0.15, -0.1) is 0 Å². The maximum absolute atomic E-state index is 12.3. The number of rotatable bonds is 6. The van der Waals surface area contributed by atoms with E-state index < -0.39 is 23.2 Å². The van der Waals surface area contributed by atoms with Crippen LogP contribution in [0.15, 0.2) is 64.2 Å². The van der Waals surface area contributed by atoms with Gasteiger partial charge in [-0.25, -0.2) is 4.79 Å². The number of carbonyl (C=O) groups excluding carboxylic acids is 1. The molecule has 0 fully saturated rings. The molecule has 8 nitrogen and oxygen atoms in total. The highest BCUT2D eigenvalue weighted by atomic mass is 16.5. The Morgan fingerprint density at radius 2 is 1.75 bits per heavy atom. The van der Waals surface area contributed by atoms with Crippen molar-refractivity contribution in [2.24, 2.45) is 0 Å². The van der Waals surface area contributed by atoms with Gasteiger partial charge in [0.1, 0.15) is 23.7 Å². The van der Waals surface area contributed by atoms with Crippen molar-refractivity contribution in [3.63, 3.8) is 0 Å². The van der Waals surface area contributed by atoms with Gasteiger partial charge in [-0.2, -0.15) is 0 Å². The van der Waals surface area contributed by atoms with E-state index >= 15 is 0 Å². The zero-order valence-electron chi connectivity index (χ0n) is 15.2. The molecule has 1 atom stereocenters. The number of nitrogens with one attached hydrogen (secondary N) is 3. The first-order chi connectivity index (χ1) is 13.5. The number of nitrogens with two attached hydrogens (primary N) is 1. The molecule has 0 bridgehead atoms. The topological polar surface area (TPSA) is 130 Å². The van der Waals surface area contributed by atoms with Gasteiger partial charge in [-0.1, -0.05) is 48.5 Å². The zero-order chi connectivity index (χ0) is 20.1. The number of ether oxygens (including phenoxy) is 1. The van der Waals surface area contributed by atoms with Gasteiger partial charge in [0.25, 0.3) is 11.5 Å². The third-order valence-electron chi connectivity index (χ3n) is 4.04. The van der Waals surface area contributed by atoms with Crippen molar-refractivity contribution in [3.05, 3.63) is 81.1 Å². The fourth-order valence-corrected chi connectivity index (χ4v) is 2.68. The van der Waals surface area contributed by atoms with Gasteiger partial charge in [-0.3, -0.25) is 14.6 Å². The summed E-state index contributed by atoms with van der Waals surface area (Å²) in [4.78, 5) is 39.4. The highest BCUT2D eigenvalue weighted by Crippen LogP contribution is 2.29. The van der Waals surface area contributed by atoms with Crippen molar-refractivity contribution in [2.45, 2.75) is 13.0 Å². The van der Waals surface area contributed by atoms with Crippen molar-refractivity contribution in [3.8, 4) is 16.9 Å². The Balaban J connectivity index is 1.69. The van der Waals surface area contributed by atoms with Crippen LogP contribution >= 0.6 is 0 Å². The number of benzene rings is 2. The van der Waals surface area contributed by atoms with Gasteiger partial charge >= 0.3 is 5.69 Å². The van der Waals surface area contributed by atoms with E-state index in [2.05, 4.69) is 10.3 Å². The van der Waals surface area contributed by atoms with Crippen LogP contribution < -0.4 is 27.0 Å². The normalized spacial score (nSPS) is 11.6. The number of aromatic nitrogens is 2. The van der Waals surface area contributed by atoms with Crippen LogP contribution in [-0.2, 0) is 0 Å². The fourth-order valence-electron chi connectivity index (χ4n) is 2.68. The molecule has 2 aromatic carbocycles. The van der Waals surface area contributed by atoms with E-state index in [0.717, 1.165) is 11.1 Å². The molecule has 0 aliphatic carbocycles. The second-order valence-corrected chi connectivity index (χ2v) is 6.24. The van der Waals surface area contributed by atoms with Crippen molar-refractivity contribution in [1.29, 1.82) is 0 Å². The molecule has 0 saturated heterocycles. The minimum atomic E-state index is -0.811. The molecule has 0 radical (unpaired) electrons. The van der Waals surface area contributed by atoms with Crippen molar-refractivity contribution in [2.75, 3.05) is 12.3 Å². The average molecular weight is 380 g/mol. The van der Waals surface area contributed by atoms with Crippen LogP contribution in [0.5, 0.6) is 5.75 Å². The highest BCUT2D eigenvalue weighted by molar-refractivity contribution is 5.96. The Labute approximate surface area is 160 Å². The van der Waals surface area contributed by atoms with E-state index in [0.29, 0.717) is 5.75 Å². The van der Waals surface area contributed by atoms with Gasteiger partial charge in [0.2, 0.25) is 0 Å². The number of hydrogen-bond acceptors (Lipinski definition) is 5. The summed E-state index contributed by atoms with van der Waals surface area (Å²) in [6.45, 7) is 1.92. The first-order valence-corrected chi connectivity index (χ1v) is 8.66. The van der Waals surface area contributed by atoms with Gasteiger partial charge in [0, 0.05) is 5.56 Å². The Morgan fingerprint density at radius 3 is 2.50 bits per heavy atom. The smallest absolute Gasteiger partial charge is 0.326 e. The summed E-state index contributed by atoms with van der Waals surface area (Å²) in [6, 6.07) is 17.0.